The summed E-state index contributed by atoms with van der Waals surface area (Å²) in [5.41, 5.74) is 3.08. The lowest BCUT2D eigenvalue weighted by atomic mass is 10.2. The molecule has 158 valence electrons. The summed E-state index contributed by atoms with van der Waals surface area (Å²) in [6.07, 6.45) is 1.77. The van der Waals surface area contributed by atoms with E-state index in [4.69, 9.17) is 0 Å². The number of aromatic nitrogens is 5. The molecule has 2 aromatic carbocycles. The van der Waals surface area contributed by atoms with Crippen LogP contribution in [0.2, 0.25) is 0 Å². The summed E-state index contributed by atoms with van der Waals surface area (Å²) < 4.78 is 3.85. The van der Waals surface area contributed by atoms with Crippen LogP contribution in [0.15, 0.2) is 53.9 Å². The van der Waals surface area contributed by atoms with Crippen LogP contribution in [0.1, 0.15) is 11.4 Å². The van der Waals surface area contributed by atoms with E-state index in [0.29, 0.717) is 23.0 Å². The number of carbonyl (C=O) groups excluding carboxylic acids is 1. The molecule has 0 aliphatic carbocycles. The van der Waals surface area contributed by atoms with Gasteiger partial charge in [0.1, 0.15) is 0 Å². The molecule has 0 saturated heterocycles. The SMILES string of the molecule is Cc1cc([N+](=O)[O-])ccc1NC(=O)CSc1nnc(Cn2cnc3ccccc32)n1C. The minimum atomic E-state index is -0.466. The third-order valence-corrected chi connectivity index (χ3v) is 5.81. The van der Waals surface area contributed by atoms with E-state index in [-0.39, 0.29) is 17.3 Å². The van der Waals surface area contributed by atoms with E-state index in [1.165, 1.54) is 30.0 Å². The lowest BCUT2D eigenvalue weighted by molar-refractivity contribution is -0.384. The molecule has 4 rings (SSSR count). The largest absolute Gasteiger partial charge is 0.325 e. The highest BCUT2D eigenvalue weighted by molar-refractivity contribution is 7.99. The molecule has 0 fully saturated rings. The van der Waals surface area contributed by atoms with Crippen LogP contribution >= 0.6 is 11.8 Å². The number of rotatable bonds is 7. The molecule has 0 radical (unpaired) electrons. The van der Waals surface area contributed by atoms with Gasteiger partial charge in [-0.2, -0.15) is 0 Å². The van der Waals surface area contributed by atoms with Crippen molar-refractivity contribution < 1.29 is 9.72 Å². The number of hydrogen-bond acceptors (Lipinski definition) is 7. The molecule has 0 bridgehead atoms. The first kappa shape index (κ1) is 20.5. The maximum atomic E-state index is 12.3. The van der Waals surface area contributed by atoms with Crippen LogP contribution in [-0.4, -0.2) is 40.9 Å². The number of para-hydroxylation sites is 2. The number of fused-ring (bicyclic) bond motifs is 1. The molecule has 31 heavy (non-hydrogen) atoms. The smallest absolute Gasteiger partial charge is 0.269 e. The van der Waals surface area contributed by atoms with Gasteiger partial charge in [-0.3, -0.25) is 14.9 Å². The summed E-state index contributed by atoms with van der Waals surface area (Å²) in [5.74, 6) is 0.653. The molecule has 0 spiro atoms. The third kappa shape index (κ3) is 4.40. The number of amides is 1. The van der Waals surface area contributed by atoms with Crippen molar-refractivity contribution in [2.45, 2.75) is 18.6 Å². The van der Waals surface area contributed by atoms with Gasteiger partial charge in [0.2, 0.25) is 5.91 Å². The Morgan fingerprint density at radius 3 is 2.81 bits per heavy atom. The number of benzene rings is 2. The van der Waals surface area contributed by atoms with E-state index in [1.54, 1.807) is 13.3 Å². The predicted molar refractivity (Wildman–Crippen MR) is 117 cm³/mol. The van der Waals surface area contributed by atoms with Crippen LogP contribution in [0.3, 0.4) is 0 Å². The fourth-order valence-corrected chi connectivity index (χ4v) is 3.85. The summed E-state index contributed by atoms with van der Waals surface area (Å²) in [5, 5.41) is 22.7. The Kier molecular flexibility index (Phi) is 5.67. The number of anilines is 1. The molecule has 10 nitrogen and oxygen atoms in total. The highest BCUT2D eigenvalue weighted by Crippen LogP contribution is 2.22. The first-order valence-corrected chi connectivity index (χ1v) is 10.4. The zero-order valence-corrected chi connectivity index (χ0v) is 17.7. The summed E-state index contributed by atoms with van der Waals surface area (Å²) >= 11 is 1.27. The highest BCUT2D eigenvalue weighted by Gasteiger charge is 2.14. The van der Waals surface area contributed by atoms with Gasteiger partial charge in [0.15, 0.2) is 11.0 Å². The lowest BCUT2D eigenvalue weighted by Gasteiger charge is -2.08. The van der Waals surface area contributed by atoms with Gasteiger partial charge in [-0.1, -0.05) is 23.9 Å². The Morgan fingerprint density at radius 1 is 1.23 bits per heavy atom. The number of thioether (sulfide) groups is 1. The number of nitrogens with zero attached hydrogens (tertiary/aromatic N) is 6. The molecular formula is C20H19N7O3S. The van der Waals surface area contributed by atoms with Crippen LogP contribution in [0, 0.1) is 17.0 Å². The van der Waals surface area contributed by atoms with E-state index < -0.39 is 4.92 Å². The summed E-state index contributed by atoms with van der Waals surface area (Å²) in [4.78, 5) is 27.1. The number of carbonyl (C=O) groups is 1. The second kappa shape index (κ2) is 8.56. The van der Waals surface area contributed by atoms with Crippen LogP contribution in [0.5, 0.6) is 0 Å². The Balaban J connectivity index is 1.39. The van der Waals surface area contributed by atoms with E-state index in [1.807, 2.05) is 40.4 Å². The summed E-state index contributed by atoms with van der Waals surface area (Å²) in [7, 11) is 1.86. The first-order chi connectivity index (χ1) is 14.9. The van der Waals surface area contributed by atoms with Crippen LogP contribution < -0.4 is 5.32 Å². The van der Waals surface area contributed by atoms with Crippen molar-refractivity contribution in [1.82, 2.24) is 24.3 Å². The molecule has 1 N–H and O–H groups in total. The Morgan fingerprint density at radius 2 is 2.03 bits per heavy atom. The lowest BCUT2D eigenvalue weighted by Crippen LogP contribution is -2.15. The maximum Gasteiger partial charge on any atom is 0.269 e. The van der Waals surface area contributed by atoms with Crippen molar-refractivity contribution in [3.63, 3.8) is 0 Å². The van der Waals surface area contributed by atoms with Gasteiger partial charge >= 0.3 is 0 Å². The Bertz CT molecular complexity index is 1280. The number of nitro groups is 1. The fraction of sp³-hybridized carbons (Fsp3) is 0.200. The maximum absolute atomic E-state index is 12.3. The standard InChI is InChI=1S/C20H19N7O3S/c1-13-9-14(27(29)30)7-8-15(13)22-19(28)11-31-20-24-23-18(25(20)2)10-26-12-21-16-5-3-4-6-17(16)26/h3-9,12H,10-11H2,1-2H3,(H,22,28). The van der Waals surface area contributed by atoms with Gasteiger partial charge in [0, 0.05) is 24.9 Å². The number of imidazole rings is 1. The molecule has 0 saturated carbocycles. The van der Waals surface area contributed by atoms with Crippen molar-refractivity contribution in [2.24, 2.45) is 7.05 Å². The van der Waals surface area contributed by atoms with E-state index in [2.05, 4.69) is 20.5 Å². The van der Waals surface area contributed by atoms with Crippen molar-refractivity contribution in [1.29, 1.82) is 0 Å². The second-order valence-electron chi connectivity index (χ2n) is 6.91. The Labute approximate surface area is 181 Å². The highest BCUT2D eigenvalue weighted by atomic mass is 32.2. The third-order valence-electron chi connectivity index (χ3n) is 4.79. The number of nitrogens with one attached hydrogen (secondary N) is 1. The molecule has 1 amide bonds. The van der Waals surface area contributed by atoms with Crippen LogP contribution in [-0.2, 0) is 18.4 Å². The average Bonchev–Trinajstić information content (AvgIpc) is 3.32. The minimum absolute atomic E-state index is 0.0119. The molecule has 2 aromatic heterocycles. The molecule has 2 heterocycles. The van der Waals surface area contributed by atoms with Gasteiger partial charge in [-0.25, -0.2) is 4.98 Å². The van der Waals surface area contributed by atoms with Gasteiger partial charge in [0.25, 0.3) is 5.69 Å². The van der Waals surface area contributed by atoms with E-state index >= 15 is 0 Å². The number of aryl methyl sites for hydroxylation is 1. The van der Waals surface area contributed by atoms with Crippen molar-refractivity contribution in [3.05, 3.63) is 70.3 Å². The number of non-ortho nitro benzene ring substituents is 1. The number of hydrogen-bond donors (Lipinski definition) is 1. The number of nitro benzene ring substituents is 1. The van der Waals surface area contributed by atoms with Gasteiger partial charge in [0.05, 0.1) is 34.6 Å². The molecule has 0 aliphatic rings. The van der Waals surface area contributed by atoms with Crippen LogP contribution in [0.4, 0.5) is 11.4 Å². The first-order valence-electron chi connectivity index (χ1n) is 9.38. The molecule has 4 aromatic rings. The summed E-state index contributed by atoms with van der Waals surface area (Å²) in [6.45, 7) is 2.23. The minimum Gasteiger partial charge on any atom is -0.325 e. The van der Waals surface area contributed by atoms with Crippen molar-refractivity contribution in [2.75, 3.05) is 11.1 Å². The van der Waals surface area contributed by atoms with E-state index in [9.17, 15) is 14.9 Å². The summed E-state index contributed by atoms with van der Waals surface area (Å²) in [6, 6.07) is 12.2. The molecule has 0 unspecified atom stereocenters. The molecule has 0 aliphatic heterocycles. The van der Waals surface area contributed by atoms with Gasteiger partial charge < -0.3 is 14.5 Å². The topological polar surface area (TPSA) is 121 Å². The molecular weight excluding hydrogens is 418 g/mol. The van der Waals surface area contributed by atoms with Crippen LogP contribution in [0.25, 0.3) is 11.0 Å². The second-order valence-corrected chi connectivity index (χ2v) is 7.85. The van der Waals surface area contributed by atoms with Gasteiger partial charge in [-0.05, 0) is 30.7 Å². The zero-order valence-electron chi connectivity index (χ0n) is 16.8. The molecule has 0 atom stereocenters. The average molecular weight is 437 g/mol. The van der Waals surface area contributed by atoms with Gasteiger partial charge in [-0.15, -0.1) is 10.2 Å². The normalized spacial score (nSPS) is 11.0. The molecule has 11 heteroatoms. The van der Waals surface area contributed by atoms with Crippen molar-refractivity contribution >= 4 is 40.1 Å². The Hall–Kier alpha value is -3.73. The van der Waals surface area contributed by atoms with Crippen molar-refractivity contribution in [3.8, 4) is 0 Å². The fourth-order valence-electron chi connectivity index (χ4n) is 3.12. The monoisotopic (exact) mass is 437 g/mol. The predicted octanol–water partition coefficient (Wildman–Crippen LogP) is 3.16. The quantitative estimate of drug-likeness (QED) is 0.268. The van der Waals surface area contributed by atoms with E-state index in [0.717, 1.165) is 16.9 Å². The zero-order chi connectivity index (χ0) is 22.0.